The number of carbonyl (C=O) groups excluding carboxylic acids is 2. The van der Waals surface area contributed by atoms with Gasteiger partial charge in [0.2, 0.25) is 5.91 Å². The second-order valence-electron chi connectivity index (χ2n) is 9.09. The molecule has 3 heterocycles. The van der Waals surface area contributed by atoms with Crippen LogP contribution < -0.4 is 0 Å². The minimum Gasteiger partial charge on any atom is -0.469 e. The maximum absolute atomic E-state index is 14.1. The highest BCUT2D eigenvalue weighted by atomic mass is 19.1. The van der Waals surface area contributed by atoms with Gasteiger partial charge in [-0.25, -0.2) is 9.37 Å². The number of ether oxygens (including phenoxy) is 1. The standard InChI is InChI=1S/C28H28FN3O3/c1-35-28(34)19-13-15-32(16-14-19)26(33)8-4-6-21-22-17-20(29)10-12-24(22)31-27(21)25-11-9-18-5-2-3-7-23(18)30-25/h2-3,5,7,9-12,17,19,31H,4,6,8,13-16H2,1H3. The lowest BCUT2D eigenvalue weighted by Gasteiger charge is -2.30. The van der Waals surface area contributed by atoms with Crippen molar-refractivity contribution in [2.75, 3.05) is 20.2 Å². The normalized spacial score (nSPS) is 14.5. The molecule has 1 amide bonds. The average molecular weight is 474 g/mol. The number of benzene rings is 2. The Bertz CT molecular complexity index is 1390. The van der Waals surface area contributed by atoms with E-state index in [1.807, 2.05) is 41.3 Å². The Kier molecular flexibility index (Phi) is 6.49. The minimum absolute atomic E-state index is 0.0877. The monoisotopic (exact) mass is 473 g/mol. The van der Waals surface area contributed by atoms with Crippen LogP contribution in [0.25, 0.3) is 33.2 Å². The van der Waals surface area contributed by atoms with Crippen molar-refractivity contribution in [3.63, 3.8) is 0 Å². The van der Waals surface area contributed by atoms with E-state index >= 15 is 0 Å². The van der Waals surface area contributed by atoms with E-state index in [9.17, 15) is 14.0 Å². The number of rotatable bonds is 6. The zero-order valence-electron chi connectivity index (χ0n) is 19.7. The van der Waals surface area contributed by atoms with Crippen LogP contribution in [0, 0.1) is 11.7 Å². The van der Waals surface area contributed by atoms with Crippen LogP contribution in [0.3, 0.4) is 0 Å². The third kappa shape index (κ3) is 4.76. The van der Waals surface area contributed by atoms with Crippen LogP contribution in [0.15, 0.2) is 54.6 Å². The van der Waals surface area contributed by atoms with E-state index in [0.29, 0.717) is 45.2 Å². The number of carbonyl (C=O) groups is 2. The van der Waals surface area contributed by atoms with Gasteiger partial charge in [0.05, 0.1) is 29.9 Å². The summed E-state index contributed by atoms with van der Waals surface area (Å²) in [5, 5.41) is 1.88. The molecule has 0 atom stereocenters. The molecule has 2 aromatic heterocycles. The first-order valence-electron chi connectivity index (χ1n) is 12.1. The Morgan fingerprint density at radius 1 is 1.11 bits per heavy atom. The lowest BCUT2D eigenvalue weighted by molar-refractivity contribution is -0.148. The summed E-state index contributed by atoms with van der Waals surface area (Å²) in [6.07, 6.45) is 2.93. The molecule has 2 aromatic carbocycles. The lowest BCUT2D eigenvalue weighted by Crippen LogP contribution is -2.40. The second kappa shape index (κ2) is 9.86. The summed E-state index contributed by atoms with van der Waals surface area (Å²) < 4.78 is 19.0. The first-order chi connectivity index (χ1) is 17.0. The van der Waals surface area contributed by atoms with Crippen molar-refractivity contribution < 1.29 is 18.7 Å². The number of nitrogens with zero attached hydrogens (tertiary/aromatic N) is 2. The number of fused-ring (bicyclic) bond motifs is 2. The minimum atomic E-state index is -0.291. The maximum Gasteiger partial charge on any atom is 0.308 e. The molecule has 0 unspecified atom stereocenters. The van der Waals surface area contributed by atoms with Gasteiger partial charge in [0.25, 0.3) is 0 Å². The van der Waals surface area contributed by atoms with E-state index in [2.05, 4.69) is 4.98 Å². The van der Waals surface area contributed by atoms with Crippen LogP contribution in [0.5, 0.6) is 0 Å². The van der Waals surface area contributed by atoms with Gasteiger partial charge in [0.15, 0.2) is 0 Å². The second-order valence-corrected chi connectivity index (χ2v) is 9.09. The fraction of sp³-hybridized carbons (Fsp3) is 0.321. The van der Waals surface area contributed by atoms with Gasteiger partial charge >= 0.3 is 5.97 Å². The zero-order chi connectivity index (χ0) is 24.4. The van der Waals surface area contributed by atoms with Gasteiger partial charge < -0.3 is 14.6 Å². The number of likely N-dealkylation sites (tertiary alicyclic amines) is 1. The number of amides is 1. The van der Waals surface area contributed by atoms with Gasteiger partial charge in [0, 0.05) is 35.8 Å². The number of para-hydroxylation sites is 1. The van der Waals surface area contributed by atoms with Crippen molar-refractivity contribution >= 4 is 33.7 Å². The van der Waals surface area contributed by atoms with Gasteiger partial charge in [0.1, 0.15) is 5.82 Å². The number of methoxy groups -OCH3 is 1. The van der Waals surface area contributed by atoms with Crippen molar-refractivity contribution in [2.24, 2.45) is 5.92 Å². The fourth-order valence-corrected chi connectivity index (χ4v) is 5.01. The molecule has 4 aromatic rings. The smallest absolute Gasteiger partial charge is 0.308 e. The molecular weight excluding hydrogens is 445 g/mol. The molecule has 0 saturated carbocycles. The maximum atomic E-state index is 14.1. The number of halogens is 1. The summed E-state index contributed by atoms with van der Waals surface area (Å²) >= 11 is 0. The topological polar surface area (TPSA) is 75.3 Å². The van der Waals surface area contributed by atoms with Crippen molar-refractivity contribution in [3.05, 3.63) is 66.0 Å². The van der Waals surface area contributed by atoms with E-state index in [0.717, 1.165) is 38.8 Å². The van der Waals surface area contributed by atoms with Crippen LogP contribution >= 0.6 is 0 Å². The lowest BCUT2D eigenvalue weighted by atomic mass is 9.96. The third-order valence-corrected chi connectivity index (χ3v) is 6.92. The number of pyridine rings is 1. The van der Waals surface area contributed by atoms with Gasteiger partial charge in [-0.3, -0.25) is 9.59 Å². The molecular formula is C28H28FN3O3. The SMILES string of the molecule is COC(=O)C1CCN(C(=O)CCCc2c(-c3ccc4ccccc4n3)[nH]c3ccc(F)cc23)CC1. The Morgan fingerprint density at radius 3 is 2.71 bits per heavy atom. The quantitative estimate of drug-likeness (QED) is 0.388. The van der Waals surface area contributed by atoms with E-state index in [-0.39, 0.29) is 23.6 Å². The summed E-state index contributed by atoms with van der Waals surface area (Å²) in [6.45, 7) is 1.15. The number of aromatic amines is 1. The van der Waals surface area contributed by atoms with E-state index < -0.39 is 0 Å². The number of hydrogen-bond acceptors (Lipinski definition) is 4. The molecule has 0 aliphatic carbocycles. The first-order valence-corrected chi connectivity index (χ1v) is 12.1. The van der Waals surface area contributed by atoms with Crippen molar-refractivity contribution in [3.8, 4) is 11.4 Å². The van der Waals surface area contributed by atoms with Crippen molar-refractivity contribution in [1.82, 2.24) is 14.9 Å². The summed E-state index contributed by atoms with van der Waals surface area (Å²) in [4.78, 5) is 34.7. The fourth-order valence-electron chi connectivity index (χ4n) is 5.01. The molecule has 180 valence electrons. The number of esters is 1. The number of aromatic nitrogens is 2. The molecule has 0 radical (unpaired) electrons. The van der Waals surface area contributed by atoms with E-state index in [1.165, 1.54) is 13.2 Å². The molecule has 1 saturated heterocycles. The molecule has 6 nitrogen and oxygen atoms in total. The predicted molar refractivity (Wildman–Crippen MR) is 133 cm³/mol. The molecule has 1 N–H and O–H groups in total. The highest BCUT2D eigenvalue weighted by molar-refractivity contribution is 5.91. The van der Waals surface area contributed by atoms with E-state index in [4.69, 9.17) is 9.72 Å². The summed E-state index contributed by atoms with van der Waals surface area (Å²) in [5.74, 6) is -0.522. The molecule has 35 heavy (non-hydrogen) atoms. The predicted octanol–water partition coefficient (Wildman–Crippen LogP) is 5.26. The highest BCUT2D eigenvalue weighted by Gasteiger charge is 2.27. The summed E-state index contributed by atoms with van der Waals surface area (Å²) in [5.41, 5.74) is 4.38. The molecule has 0 bridgehead atoms. The number of piperidine rings is 1. The first kappa shape index (κ1) is 23.0. The number of nitrogens with one attached hydrogen (secondary N) is 1. The third-order valence-electron chi connectivity index (χ3n) is 6.92. The van der Waals surface area contributed by atoms with Gasteiger partial charge in [-0.2, -0.15) is 0 Å². The molecule has 1 fully saturated rings. The summed E-state index contributed by atoms with van der Waals surface area (Å²) in [7, 11) is 1.40. The molecule has 0 spiro atoms. The molecule has 7 heteroatoms. The van der Waals surface area contributed by atoms with E-state index in [1.54, 1.807) is 12.1 Å². The zero-order valence-corrected chi connectivity index (χ0v) is 19.7. The van der Waals surface area contributed by atoms with Crippen LogP contribution in [0.1, 0.15) is 31.2 Å². The van der Waals surface area contributed by atoms with Crippen LogP contribution in [0.2, 0.25) is 0 Å². The molecule has 1 aliphatic heterocycles. The summed E-state index contributed by atoms with van der Waals surface area (Å²) in [6, 6.07) is 16.7. The largest absolute Gasteiger partial charge is 0.469 e. The Morgan fingerprint density at radius 2 is 1.91 bits per heavy atom. The Hall–Kier alpha value is -3.74. The van der Waals surface area contributed by atoms with Gasteiger partial charge in [-0.15, -0.1) is 0 Å². The molecule has 5 rings (SSSR count). The van der Waals surface area contributed by atoms with Crippen LogP contribution in [-0.4, -0.2) is 46.9 Å². The van der Waals surface area contributed by atoms with Crippen LogP contribution in [0.4, 0.5) is 4.39 Å². The highest BCUT2D eigenvalue weighted by Crippen LogP contribution is 2.32. The average Bonchev–Trinajstić information content (AvgIpc) is 3.25. The number of aryl methyl sites for hydroxylation is 1. The number of hydrogen-bond donors (Lipinski definition) is 1. The van der Waals surface area contributed by atoms with Gasteiger partial charge in [-0.05, 0) is 61.6 Å². The Balaban J connectivity index is 1.33. The van der Waals surface area contributed by atoms with Gasteiger partial charge in [-0.1, -0.05) is 24.3 Å². The number of H-pyrrole nitrogens is 1. The van der Waals surface area contributed by atoms with Crippen molar-refractivity contribution in [1.29, 1.82) is 0 Å². The van der Waals surface area contributed by atoms with Crippen LogP contribution in [-0.2, 0) is 20.7 Å². The molecule has 1 aliphatic rings. The Labute approximate surface area is 203 Å². The van der Waals surface area contributed by atoms with Crippen molar-refractivity contribution in [2.45, 2.75) is 32.1 Å².